The first-order chi connectivity index (χ1) is 8.30. The molecule has 0 heterocycles. The van der Waals surface area contributed by atoms with Crippen LogP contribution in [0.5, 0.6) is 0 Å². The first-order valence-corrected chi connectivity index (χ1v) is 8.72. The molecule has 0 saturated heterocycles. The summed E-state index contributed by atoms with van der Waals surface area (Å²) in [4.78, 5) is 1.82. The van der Waals surface area contributed by atoms with Gasteiger partial charge in [0.1, 0.15) is 0 Å². The zero-order valence-electron chi connectivity index (χ0n) is 11.9. The summed E-state index contributed by atoms with van der Waals surface area (Å²) in [5.41, 5.74) is 0. The molecule has 0 amide bonds. The van der Waals surface area contributed by atoms with E-state index in [1.165, 1.54) is 51.7 Å². The average molecular weight is 317 g/mol. The Hall–Kier alpha value is -0.0300. The molecule has 0 spiro atoms. The summed E-state index contributed by atoms with van der Waals surface area (Å²) in [5, 5.41) is 0. The van der Waals surface area contributed by atoms with Gasteiger partial charge in [0, 0.05) is 0 Å². The van der Waals surface area contributed by atoms with Crippen LogP contribution < -0.4 is 4.90 Å². The quantitative estimate of drug-likeness (QED) is 0.460. The van der Waals surface area contributed by atoms with Crippen molar-refractivity contribution < 1.29 is 30.1 Å². The third-order valence-electron chi connectivity index (χ3n) is 2.37. The average Bonchev–Trinajstić information content (AvgIpc) is 2.17. The molecule has 0 rings (SSSR count). The van der Waals surface area contributed by atoms with E-state index < -0.39 is 7.81 Å². The van der Waals surface area contributed by atoms with E-state index in [2.05, 4.69) is 20.8 Å². The standard InChI is InChI=1S/C11H25N.F6P/c1-4-7-10-12(9-6-3)11-8-5-2;1-7(2,3,4,5)6/h4-11H2,1-3H3;/q;-1/p+1. The molecule has 122 valence electrons. The predicted octanol–water partition coefficient (Wildman–Crippen LogP) is 5.26. The molecule has 0 aromatic rings. The van der Waals surface area contributed by atoms with Crippen molar-refractivity contribution in [3.63, 3.8) is 0 Å². The summed E-state index contributed by atoms with van der Waals surface area (Å²) in [6.45, 7) is 11.0. The third-order valence-corrected chi connectivity index (χ3v) is 2.37. The van der Waals surface area contributed by atoms with Crippen LogP contribution in [0.25, 0.3) is 0 Å². The molecule has 0 aromatic heterocycles. The zero-order chi connectivity index (χ0) is 15.6. The summed E-state index contributed by atoms with van der Waals surface area (Å²) in [6, 6.07) is 0. The summed E-state index contributed by atoms with van der Waals surface area (Å²) >= 11 is 0. The van der Waals surface area contributed by atoms with Crippen LogP contribution in [0.15, 0.2) is 0 Å². The molecule has 19 heavy (non-hydrogen) atoms. The molecular formula is C11H26F6NP. The minimum absolute atomic E-state index is 1.34. The maximum absolute atomic E-state index is 10.7. The van der Waals surface area contributed by atoms with E-state index in [1.807, 2.05) is 4.90 Å². The first kappa shape index (κ1) is 21.3. The van der Waals surface area contributed by atoms with Gasteiger partial charge in [-0.3, -0.25) is 0 Å². The van der Waals surface area contributed by atoms with E-state index in [9.17, 15) is 25.2 Å². The molecular weight excluding hydrogens is 291 g/mol. The van der Waals surface area contributed by atoms with Gasteiger partial charge in [-0.25, -0.2) is 0 Å². The third kappa shape index (κ3) is 38.1. The van der Waals surface area contributed by atoms with Gasteiger partial charge < -0.3 is 4.90 Å². The molecule has 1 nitrogen and oxygen atoms in total. The molecule has 0 unspecified atom stereocenters. The summed E-state index contributed by atoms with van der Waals surface area (Å²) in [6.07, 6.45) is 6.83. The van der Waals surface area contributed by atoms with Crippen LogP contribution in [0.4, 0.5) is 25.2 Å². The Bertz CT molecular complexity index is 205. The van der Waals surface area contributed by atoms with Gasteiger partial charge in [0.05, 0.1) is 19.6 Å². The first-order valence-electron chi connectivity index (χ1n) is 6.70. The molecule has 0 aliphatic rings. The SMILES string of the molecule is CCCC[NH+](CCC)CCCC.F[P-](F)(F)(F)(F)F. The van der Waals surface area contributed by atoms with E-state index in [1.54, 1.807) is 0 Å². The Kier molecular flexibility index (Phi) is 8.59. The number of nitrogens with one attached hydrogen (secondary N) is 1. The van der Waals surface area contributed by atoms with Crippen molar-refractivity contribution in [1.82, 2.24) is 0 Å². The normalized spacial score (nSPS) is 15.5. The molecule has 0 aliphatic heterocycles. The van der Waals surface area contributed by atoms with Crippen molar-refractivity contribution in [2.45, 2.75) is 52.9 Å². The fraction of sp³-hybridized carbons (Fsp3) is 1.00. The van der Waals surface area contributed by atoms with Gasteiger partial charge in [-0.15, -0.1) is 0 Å². The molecule has 0 aromatic carbocycles. The molecule has 0 radical (unpaired) electrons. The Morgan fingerprint density at radius 1 is 0.632 bits per heavy atom. The van der Waals surface area contributed by atoms with Crippen molar-refractivity contribution in [2.24, 2.45) is 0 Å². The van der Waals surface area contributed by atoms with Crippen LogP contribution in [0.3, 0.4) is 0 Å². The second-order valence-corrected chi connectivity index (χ2v) is 6.58. The Morgan fingerprint density at radius 3 is 1.16 bits per heavy atom. The van der Waals surface area contributed by atoms with E-state index in [0.717, 1.165) is 0 Å². The molecule has 8 heteroatoms. The molecule has 0 atom stereocenters. The Balaban J connectivity index is 0. The van der Waals surface area contributed by atoms with Gasteiger partial charge in [-0.2, -0.15) is 0 Å². The molecule has 0 aliphatic carbocycles. The van der Waals surface area contributed by atoms with Gasteiger partial charge >= 0.3 is 33.0 Å². The van der Waals surface area contributed by atoms with Gasteiger partial charge in [-0.1, -0.05) is 33.6 Å². The van der Waals surface area contributed by atoms with Crippen LogP contribution in [0.1, 0.15) is 52.9 Å². The van der Waals surface area contributed by atoms with Crippen molar-refractivity contribution >= 4 is 7.81 Å². The number of halogens is 6. The van der Waals surface area contributed by atoms with Gasteiger partial charge in [0.2, 0.25) is 0 Å². The Labute approximate surface area is 111 Å². The van der Waals surface area contributed by atoms with Crippen LogP contribution in [0, 0.1) is 0 Å². The zero-order valence-corrected chi connectivity index (χ0v) is 12.8. The summed E-state index contributed by atoms with van der Waals surface area (Å²) in [7, 11) is -10.7. The number of hydrogen-bond acceptors (Lipinski definition) is 0. The number of quaternary nitrogens is 1. The van der Waals surface area contributed by atoms with Crippen LogP contribution in [0.2, 0.25) is 0 Å². The number of unbranched alkanes of at least 4 members (excludes halogenated alkanes) is 2. The van der Waals surface area contributed by atoms with Crippen LogP contribution in [-0.4, -0.2) is 19.6 Å². The minimum atomic E-state index is -10.7. The van der Waals surface area contributed by atoms with Gasteiger partial charge in [0.15, 0.2) is 0 Å². The topological polar surface area (TPSA) is 4.44 Å². The van der Waals surface area contributed by atoms with Crippen LogP contribution in [-0.2, 0) is 0 Å². The maximum atomic E-state index is 9.87. The van der Waals surface area contributed by atoms with Crippen LogP contribution >= 0.6 is 7.81 Å². The number of rotatable bonds is 8. The van der Waals surface area contributed by atoms with Crippen molar-refractivity contribution in [3.8, 4) is 0 Å². The van der Waals surface area contributed by atoms with E-state index in [-0.39, 0.29) is 0 Å². The van der Waals surface area contributed by atoms with Crippen molar-refractivity contribution in [3.05, 3.63) is 0 Å². The Morgan fingerprint density at radius 2 is 0.947 bits per heavy atom. The predicted molar refractivity (Wildman–Crippen MR) is 69.2 cm³/mol. The second-order valence-electron chi connectivity index (χ2n) is 4.67. The second kappa shape index (κ2) is 7.67. The van der Waals surface area contributed by atoms with E-state index >= 15 is 0 Å². The summed E-state index contributed by atoms with van der Waals surface area (Å²) < 4.78 is 59.2. The van der Waals surface area contributed by atoms with Crippen molar-refractivity contribution in [2.75, 3.05) is 19.6 Å². The fourth-order valence-corrected chi connectivity index (χ4v) is 1.58. The molecule has 1 N–H and O–H groups in total. The van der Waals surface area contributed by atoms with E-state index in [4.69, 9.17) is 0 Å². The van der Waals surface area contributed by atoms with Crippen molar-refractivity contribution in [1.29, 1.82) is 0 Å². The molecule has 0 bridgehead atoms. The van der Waals surface area contributed by atoms with Gasteiger partial charge in [-0.05, 0) is 19.3 Å². The number of hydrogen-bond donors (Lipinski definition) is 1. The summed E-state index contributed by atoms with van der Waals surface area (Å²) in [5.74, 6) is 0. The van der Waals surface area contributed by atoms with Gasteiger partial charge in [0.25, 0.3) is 0 Å². The molecule has 0 fully saturated rings. The van der Waals surface area contributed by atoms with E-state index in [0.29, 0.717) is 0 Å². The molecule has 0 saturated carbocycles. The monoisotopic (exact) mass is 317 g/mol. The fourth-order valence-electron chi connectivity index (χ4n) is 1.58.